The van der Waals surface area contributed by atoms with E-state index >= 15 is 0 Å². The Bertz CT molecular complexity index is 794. The van der Waals surface area contributed by atoms with Gasteiger partial charge in [-0.05, 0) is 61.9 Å². The van der Waals surface area contributed by atoms with Gasteiger partial charge in [-0.15, -0.1) is 0 Å². The van der Waals surface area contributed by atoms with Crippen LogP contribution in [0.15, 0.2) is 53.5 Å². The number of anilines is 1. The van der Waals surface area contributed by atoms with Gasteiger partial charge in [0.05, 0.1) is 6.54 Å². The van der Waals surface area contributed by atoms with Gasteiger partial charge in [-0.2, -0.15) is 0 Å². The molecule has 3 N–H and O–H groups in total. The van der Waals surface area contributed by atoms with E-state index in [1.54, 1.807) is 12.1 Å². The van der Waals surface area contributed by atoms with Gasteiger partial charge in [-0.1, -0.05) is 23.7 Å². The first-order valence-electron chi connectivity index (χ1n) is 9.63. The van der Waals surface area contributed by atoms with Crippen LogP contribution in [0.25, 0.3) is 0 Å². The van der Waals surface area contributed by atoms with Crippen molar-refractivity contribution in [3.63, 3.8) is 0 Å². The van der Waals surface area contributed by atoms with Crippen molar-refractivity contribution in [3.8, 4) is 0 Å². The molecule has 29 heavy (non-hydrogen) atoms. The molecule has 8 heteroatoms. The van der Waals surface area contributed by atoms with E-state index in [9.17, 15) is 9.60 Å². The number of hydrogen-bond donors (Lipinski definition) is 2. The van der Waals surface area contributed by atoms with Crippen molar-refractivity contribution in [3.05, 3.63) is 64.9 Å². The number of hydrogen-bond acceptors (Lipinski definition) is 5. The Kier molecular flexibility index (Phi) is 7.44. The Balaban J connectivity index is 1.47. The minimum absolute atomic E-state index is 0.221. The number of aliphatic imine (C=N–C) groups is 1. The molecule has 1 fully saturated rings. The molecule has 1 aliphatic rings. The van der Waals surface area contributed by atoms with E-state index in [1.165, 1.54) is 18.5 Å². The summed E-state index contributed by atoms with van der Waals surface area (Å²) in [7, 11) is 1.95. The number of nitrogens with two attached hydrogens (primary N) is 1. The summed E-state index contributed by atoms with van der Waals surface area (Å²) in [5.41, 5.74) is 8.14. The second-order valence-electron chi connectivity index (χ2n) is 7.26. The van der Waals surface area contributed by atoms with Crippen LogP contribution in [0.4, 0.5) is 10.1 Å². The van der Waals surface area contributed by atoms with Gasteiger partial charge in [0.25, 0.3) is 0 Å². The van der Waals surface area contributed by atoms with Crippen molar-refractivity contribution in [2.75, 3.05) is 25.0 Å². The van der Waals surface area contributed by atoms with Crippen LogP contribution in [-0.2, 0) is 6.54 Å². The molecule has 0 saturated carbocycles. The highest BCUT2D eigenvalue weighted by atomic mass is 35.5. The maximum Gasteiger partial charge on any atom is 0.155 e. The first-order chi connectivity index (χ1) is 13.9. The first-order valence-corrected chi connectivity index (χ1v) is 10.0. The van der Waals surface area contributed by atoms with Gasteiger partial charge in [0.15, 0.2) is 6.29 Å². The van der Waals surface area contributed by atoms with Gasteiger partial charge in [0, 0.05) is 29.8 Å². The molecule has 1 saturated heterocycles. The summed E-state index contributed by atoms with van der Waals surface area (Å²) in [4.78, 5) is 8.55. The van der Waals surface area contributed by atoms with Crippen molar-refractivity contribution < 1.29 is 9.60 Å². The van der Waals surface area contributed by atoms with Gasteiger partial charge in [0.1, 0.15) is 12.2 Å². The molecular weight excluding hydrogens is 393 g/mol. The van der Waals surface area contributed by atoms with Crippen LogP contribution in [0.5, 0.6) is 0 Å². The molecule has 1 aliphatic heterocycles. The van der Waals surface area contributed by atoms with Crippen molar-refractivity contribution in [1.82, 2.24) is 9.96 Å². The molecule has 2 aromatic rings. The Morgan fingerprint density at radius 1 is 1.21 bits per heavy atom. The van der Waals surface area contributed by atoms with Crippen molar-refractivity contribution >= 4 is 23.6 Å². The fourth-order valence-corrected chi connectivity index (χ4v) is 3.59. The van der Waals surface area contributed by atoms with Crippen LogP contribution in [0.1, 0.15) is 18.4 Å². The van der Waals surface area contributed by atoms with E-state index in [-0.39, 0.29) is 5.82 Å². The molecule has 1 atom stereocenters. The summed E-state index contributed by atoms with van der Waals surface area (Å²) < 4.78 is 13.1. The van der Waals surface area contributed by atoms with E-state index in [0.717, 1.165) is 42.2 Å². The predicted molar refractivity (Wildman–Crippen MR) is 115 cm³/mol. The molecule has 0 amide bonds. The molecule has 1 heterocycles. The third-order valence-electron chi connectivity index (χ3n) is 5.26. The van der Waals surface area contributed by atoms with Crippen LogP contribution in [0, 0.1) is 5.82 Å². The first kappa shape index (κ1) is 21.5. The number of piperidine rings is 1. The molecule has 0 aliphatic carbocycles. The average molecular weight is 420 g/mol. The number of halogens is 2. The smallest absolute Gasteiger partial charge is 0.155 e. The van der Waals surface area contributed by atoms with E-state index in [4.69, 9.17) is 17.3 Å². The van der Waals surface area contributed by atoms with E-state index in [0.29, 0.717) is 17.6 Å². The maximum atomic E-state index is 13.1. The number of rotatable bonds is 7. The molecule has 0 radical (unpaired) electrons. The van der Waals surface area contributed by atoms with Crippen molar-refractivity contribution in [1.29, 1.82) is 0 Å². The largest absolute Gasteiger partial charge is 0.371 e. The molecule has 3 rings (SSSR count). The zero-order valence-corrected chi connectivity index (χ0v) is 17.2. The fraction of sp³-hybridized carbons (Fsp3) is 0.381. The lowest BCUT2D eigenvalue weighted by Crippen LogP contribution is -2.49. The number of nitrogens with zero attached hydrogens (tertiary/aromatic N) is 4. The molecule has 0 bridgehead atoms. The molecule has 6 nitrogen and oxygen atoms in total. The average Bonchev–Trinajstić information content (AvgIpc) is 2.74. The maximum absolute atomic E-state index is 13.1. The number of benzene rings is 2. The Hall–Kier alpha value is -2.19. The summed E-state index contributed by atoms with van der Waals surface area (Å²) in [5.74, 6) is -0.221. The van der Waals surface area contributed by atoms with E-state index < -0.39 is 6.29 Å². The summed E-state index contributed by atoms with van der Waals surface area (Å²) >= 11 is 5.87. The van der Waals surface area contributed by atoms with Gasteiger partial charge in [-0.25, -0.2) is 14.4 Å². The monoisotopic (exact) mass is 419 g/mol. The van der Waals surface area contributed by atoms with Crippen LogP contribution >= 0.6 is 11.6 Å². The standard InChI is InChI=1S/C21H27ClFN5O/c1-26(19-10-12-27(13-11-19)20-8-6-18(23)7-9-20)21(24)25-15-28(29)14-16-2-4-17(22)5-3-16/h2-9,15,19,21,29H,10-14,24H2,1H3/b25-15-. The Morgan fingerprint density at radius 3 is 2.45 bits per heavy atom. The summed E-state index contributed by atoms with van der Waals surface area (Å²) in [5, 5.41) is 11.7. The lowest BCUT2D eigenvalue weighted by Gasteiger charge is -2.39. The Labute approximate surface area is 175 Å². The zero-order chi connectivity index (χ0) is 20.8. The quantitative estimate of drug-likeness (QED) is 0.311. The molecule has 2 aromatic carbocycles. The van der Waals surface area contributed by atoms with E-state index in [2.05, 4.69) is 9.89 Å². The molecule has 0 aromatic heterocycles. The summed E-state index contributed by atoms with van der Waals surface area (Å²) in [6, 6.07) is 14.1. The molecule has 1 unspecified atom stereocenters. The van der Waals surface area contributed by atoms with Gasteiger partial charge >= 0.3 is 0 Å². The van der Waals surface area contributed by atoms with Crippen molar-refractivity contribution in [2.24, 2.45) is 10.7 Å². The normalized spacial score (nSPS) is 16.6. The highest BCUT2D eigenvalue weighted by molar-refractivity contribution is 6.30. The highest BCUT2D eigenvalue weighted by Gasteiger charge is 2.25. The second kappa shape index (κ2) is 10.0. The lowest BCUT2D eigenvalue weighted by molar-refractivity contribution is -0.0177. The summed E-state index contributed by atoms with van der Waals surface area (Å²) in [6.45, 7) is 2.05. The summed E-state index contributed by atoms with van der Waals surface area (Å²) in [6.07, 6.45) is 2.68. The van der Waals surface area contributed by atoms with Gasteiger partial charge < -0.3 is 4.90 Å². The third-order valence-corrected chi connectivity index (χ3v) is 5.51. The van der Waals surface area contributed by atoms with Gasteiger partial charge in [0.2, 0.25) is 0 Å². The van der Waals surface area contributed by atoms with Crippen LogP contribution in [0.3, 0.4) is 0 Å². The minimum atomic E-state index is -0.544. The second-order valence-corrected chi connectivity index (χ2v) is 7.70. The van der Waals surface area contributed by atoms with Crippen LogP contribution in [-0.4, -0.2) is 54.0 Å². The van der Waals surface area contributed by atoms with Crippen molar-refractivity contribution in [2.45, 2.75) is 31.7 Å². The third kappa shape index (κ3) is 6.14. The lowest BCUT2D eigenvalue weighted by atomic mass is 10.0. The molecular formula is C21H27ClFN5O. The van der Waals surface area contributed by atoms with Crippen LogP contribution in [0.2, 0.25) is 5.02 Å². The van der Waals surface area contributed by atoms with E-state index in [1.807, 2.05) is 36.2 Å². The molecule has 0 spiro atoms. The van der Waals surface area contributed by atoms with Gasteiger partial charge in [-0.3, -0.25) is 15.8 Å². The molecule has 156 valence electrons. The van der Waals surface area contributed by atoms with Crippen LogP contribution < -0.4 is 10.6 Å². The number of hydroxylamine groups is 2. The predicted octanol–water partition coefficient (Wildman–Crippen LogP) is 3.54. The topological polar surface area (TPSA) is 68.3 Å². The Morgan fingerprint density at radius 2 is 1.83 bits per heavy atom. The zero-order valence-electron chi connectivity index (χ0n) is 16.5. The fourth-order valence-electron chi connectivity index (χ4n) is 3.47. The SMILES string of the molecule is CN(C1CCN(c2ccc(F)cc2)CC1)C(N)/N=C\N(O)Cc1ccc(Cl)cc1. The highest BCUT2D eigenvalue weighted by Crippen LogP contribution is 2.23. The minimum Gasteiger partial charge on any atom is -0.371 e.